The average molecular weight is 299 g/mol. The maximum absolute atomic E-state index is 11.9. The maximum Gasteiger partial charge on any atom is 0.231 e. The van der Waals surface area contributed by atoms with Crippen LogP contribution in [0.15, 0.2) is 24.3 Å². The Kier molecular flexibility index (Phi) is 5.25. The molecule has 1 amide bonds. The van der Waals surface area contributed by atoms with Gasteiger partial charge < -0.3 is 5.32 Å². The van der Waals surface area contributed by atoms with Gasteiger partial charge in [0, 0.05) is 5.75 Å². The van der Waals surface area contributed by atoms with Crippen LogP contribution in [0.1, 0.15) is 36.8 Å². The summed E-state index contributed by atoms with van der Waals surface area (Å²) in [5.74, 6) is 0.999. The summed E-state index contributed by atoms with van der Waals surface area (Å²) in [7, 11) is 0. The van der Waals surface area contributed by atoms with Gasteiger partial charge in [-0.25, -0.2) is 0 Å². The summed E-state index contributed by atoms with van der Waals surface area (Å²) in [6, 6.07) is 11.7. The predicted octanol–water partition coefficient (Wildman–Crippen LogP) is 2.74. The Bertz CT molecular complexity index is 577. The Morgan fingerprint density at radius 1 is 1.24 bits per heavy atom. The van der Waals surface area contributed by atoms with Gasteiger partial charge in [-0.15, -0.1) is 11.8 Å². The number of rotatable bonds is 5. The maximum atomic E-state index is 11.9. The Balaban J connectivity index is 1.76. The molecule has 0 spiro atoms. The van der Waals surface area contributed by atoms with Crippen LogP contribution >= 0.6 is 11.8 Å². The molecule has 1 N–H and O–H groups in total. The summed E-state index contributed by atoms with van der Waals surface area (Å²) < 4.78 is 0. The average Bonchev–Trinajstić information content (AvgIpc) is 2.97. The molecule has 4 nitrogen and oxygen atoms in total. The highest BCUT2D eigenvalue weighted by molar-refractivity contribution is 7.99. The molecule has 1 saturated carbocycles. The smallest absolute Gasteiger partial charge is 0.231 e. The third kappa shape index (κ3) is 4.24. The minimum atomic E-state index is -0.633. The van der Waals surface area contributed by atoms with Crippen molar-refractivity contribution in [3.05, 3.63) is 35.4 Å². The number of nitriles is 2. The number of benzene rings is 1. The summed E-state index contributed by atoms with van der Waals surface area (Å²) in [4.78, 5) is 11.9. The van der Waals surface area contributed by atoms with E-state index in [0.717, 1.165) is 37.0 Å². The lowest BCUT2D eigenvalue weighted by molar-refractivity contribution is -0.119. The predicted molar refractivity (Wildman–Crippen MR) is 82.3 cm³/mol. The number of nitrogens with zero attached hydrogens (tertiary/aromatic N) is 2. The molecule has 1 aliphatic rings. The van der Waals surface area contributed by atoms with Crippen molar-refractivity contribution in [2.24, 2.45) is 0 Å². The first-order valence-electron chi connectivity index (χ1n) is 6.96. The van der Waals surface area contributed by atoms with Gasteiger partial charge in [-0.05, 0) is 43.4 Å². The van der Waals surface area contributed by atoms with E-state index in [1.54, 1.807) is 12.1 Å². The third-order valence-corrected chi connectivity index (χ3v) is 4.64. The molecular formula is C16H17N3OS. The molecule has 0 unspecified atom stereocenters. The molecular weight excluding hydrogens is 282 g/mol. The number of hydrogen-bond donors (Lipinski definition) is 1. The van der Waals surface area contributed by atoms with Crippen LogP contribution in [0.2, 0.25) is 0 Å². The van der Waals surface area contributed by atoms with Crippen molar-refractivity contribution in [2.75, 3.05) is 5.75 Å². The number of carbonyl (C=O) groups excluding carboxylic acids is 1. The van der Waals surface area contributed by atoms with Crippen LogP contribution in [0, 0.1) is 22.7 Å². The second-order valence-corrected chi connectivity index (χ2v) is 6.24. The van der Waals surface area contributed by atoms with E-state index in [1.165, 1.54) is 11.8 Å². The van der Waals surface area contributed by atoms with Gasteiger partial charge in [0.1, 0.15) is 5.54 Å². The number of amides is 1. The van der Waals surface area contributed by atoms with Crippen LogP contribution < -0.4 is 5.32 Å². The molecule has 5 heteroatoms. The first-order chi connectivity index (χ1) is 10.2. The van der Waals surface area contributed by atoms with Crippen LogP contribution in [0.5, 0.6) is 0 Å². The fourth-order valence-corrected chi connectivity index (χ4v) is 3.27. The van der Waals surface area contributed by atoms with Crippen LogP contribution in [-0.4, -0.2) is 17.2 Å². The van der Waals surface area contributed by atoms with Crippen molar-refractivity contribution < 1.29 is 4.79 Å². The molecule has 21 heavy (non-hydrogen) atoms. The molecule has 1 aromatic rings. The van der Waals surface area contributed by atoms with Gasteiger partial charge in [0.25, 0.3) is 0 Å². The fraction of sp³-hybridized carbons (Fsp3) is 0.438. The lowest BCUT2D eigenvalue weighted by atomic mass is 10.0. The van der Waals surface area contributed by atoms with Crippen molar-refractivity contribution in [1.82, 2.24) is 5.32 Å². The summed E-state index contributed by atoms with van der Waals surface area (Å²) in [6.45, 7) is 0. The van der Waals surface area contributed by atoms with E-state index in [-0.39, 0.29) is 5.91 Å². The first kappa shape index (κ1) is 15.4. The summed E-state index contributed by atoms with van der Waals surface area (Å²) in [5.41, 5.74) is 1.09. The number of carbonyl (C=O) groups is 1. The number of nitrogens with one attached hydrogen (secondary N) is 1. The van der Waals surface area contributed by atoms with E-state index in [1.807, 2.05) is 12.1 Å². The Hall–Kier alpha value is -1.98. The van der Waals surface area contributed by atoms with E-state index in [9.17, 15) is 10.1 Å². The normalized spacial score (nSPS) is 15.9. The molecule has 0 aliphatic heterocycles. The van der Waals surface area contributed by atoms with E-state index >= 15 is 0 Å². The van der Waals surface area contributed by atoms with Gasteiger partial charge in [0.05, 0.1) is 23.5 Å². The fourth-order valence-electron chi connectivity index (χ4n) is 2.48. The molecule has 108 valence electrons. The molecule has 0 bridgehead atoms. The SMILES string of the molecule is N#Cc1ccc(CSCC(=O)NC2(C#N)CCCC2)cc1. The lowest BCUT2D eigenvalue weighted by Gasteiger charge is -2.21. The van der Waals surface area contributed by atoms with Gasteiger partial charge >= 0.3 is 0 Å². The molecule has 0 heterocycles. The lowest BCUT2D eigenvalue weighted by Crippen LogP contribution is -2.45. The van der Waals surface area contributed by atoms with Crippen LogP contribution in [-0.2, 0) is 10.5 Å². The van der Waals surface area contributed by atoms with E-state index in [2.05, 4.69) is 17.5 Å². The van der Waals surface area contributed by atoms with E-state index in [0.29, 0.717) is 11.3 Å². The van der Waals surface area contributed by atoms with Crippen LogP contribution in [0.3, 0.4) is 0 Å². The second kappa shape index (κ2) is 7.15. The van der Waals surface area contributed by atoms with Gasteiger partial charge in [-0.2, -0.15) is 10.5 Å². The highest BCUT2D eigenvalue weighted by Crippen LogP contribution is 2.29. The Morgan fingerprint density at radius 2 is 1.90 bits per heavy atom. The van der Waals surface area contributed by atoms with Crippen molar-refractivity contribution in [1.29, 1.82) is 10.5 Å². The third-order valence-electron chi connectivity index (χ3n) is 3.63. The monoisotopic (exact) mass is 299 g/mol. The molecule has 0 atom stereocenters. The van der Waals surface area contributed by atoms with Crippen molar-refractivity contribution >= 4 is 17.7 Å². The molecule has 1 fully saturated rings. The topological polar surface area (TPSA) is 76.7 Å². The van der Waals surface area contributed by atoms with Gasteiger partial charge in [-0.1, -0.05) is 12.1 Å². The van der Waals surface area contributed by atoms with E-state index in [4.69, 9.17) is 5.26 Å². The Labute approximate surface area is 129 Å². The minimum absolute atomic E-state index is 0.0721. The largest absolute Gasteiger partial charge is 0.337 e. The first-order valence-corrected chi connectivity index (χ1v) is 8.12. The van der Waals surface area contributed by atoms with Gasteiger partial charge in [-0.3, -0.25) is 4.79 Å². The number of thioether (sulfide) groups is 1. The molecule has 1 aliphatic carbocycles. The van der Waals surface area contributed by atoms with Crippen molar-refractivity contribution in [3.8, 4) is 12.1 Å². The summed E-state index contributed by atoms with van der Waals surface area (Å²) in [6.07, 6.45) is 3.53. The van der Waals surface area contributed by atoms with Crippen molar-refractivity contribution in [2.45, 2.75) is 37.0 Å². The van der Waals surface area contributed by atoms with Gasteiger partial charge in [0.15, 0.2) is 0 Å². The molecule has 0 radical (unpaired) electrons. The number of hydrogen-bond acceptors (Lipinski definition) is 4. The minimum Gasteiger partial charge on any atom is -0.337 e. The molecule has 2 rings (SSSR count). The summed E-state index contributed by atoms with van der Waals surface area (Å²) in [5, 5.41) is 20.8. The zero-order valence-corrected chi connectivity index (χ0v) is 12.6. The standard InChI is InChI=1S/C16H17N3OS/c17-9-13-3-5-14(6-4-13)10-21-11-15(20)19-16(12-18)7-1-2-8-16/h3-6H,1-2,7-8,10-11H2,(H,19,20). The van der Waals surface area contributed by atoms with Crippen LogP contribution in [0.4, 0.5) is 0 Å². The highest BCUT2D eigenvalue weighted by Gasteiger charge is 2.35. The summed E-state index contributed by atoms with van der Waals surface area (Å²) >= 11 is 1.52. The zero-order valence-electron chi connectivity index (χ0n) is 11.8. The molecule has 1 aromatic carbocycles. The van der Waals surface area contributed by atoms with Gasteiger partial charge in [0.2, 0.25) is 5.91 Å². The molecule has 0 aromatic heterocycles. The second-order valence-electron chi connectivity index (χ2n) is 5.25. The highest BCUT2D eigenvalue weighted by atomic mass is 32.2. The quantitative estimate of drug-likeness (QED) is 0.907. The van der Waals surface area contributed by atoms with E-state index < -0.39 is 5.54 Å². The van der Waals surface area contributed by atoms with Crippen molar-refractivity contribution in [3.63, 3.8) is 0 Å². The Morgan fingerprint density at radius 3 is 2.48 bits per heavy atom. The zero-order chi connectivity index (χ0) is 15.1. The molecule has 0 saturated heterocycles. The van der Waals surface area contributed by atoms with Crippen LogP contribution in [0.25, 0.3) is 0 Å².